The largest absolute Gasteiger partial charge is 0.465 e. The number of nitrogens with zero attached hydrogens (tertiary/aromatic N) is 2. The second-order valence-corrected chi connectivity index (χ2v) is 6.23. The number of carbonyl (C=O) groups is 1. The van der Waals surface area contributed by atoms with Crippen LogP contribution in [0.3, 0.4) is 0 Å². The summed E-state index contributed by atoms with van der Waals surface area (Å²) in [5, 5.41) is 0. The maximum Gasteiger partial charge on any atom is 0.338 e. The van der Waals surface area contributed by atoms with E-state index in [1.807, 2.05) is 42.5 Å². The van der Waals surface area contributed by atoms with Crippen molar-refractivity contribution in [3.05, 3.63) is 81.8 Å². The van der Waals surface area contributed by atoms with E-state index in [-0.39, 0.29) is 17.5 Å². The van der Waals surface area contributed by atoms with Crippen molar-refractivity contribution < 1.29 is 9.53 Å². The maximum absolute atomic E-state index is 12.1. The van der Waals surface area contributed by atoms with Gasteiger partial charge in [-0.25, -0.2) is 9.78 Å². The summed E-state index contributed by atoms with van der Waals surface area (Å²) in [6.45, 7) is 0. The summed E-state index contributed by atoms with van der Waals surface area (Å²) in [6, 6.07) is 17.0. The number of rotatable bonds is 5. The van der Waals surface area contributed by atoms with Gasteiger partial charge in [-0.05, 0) is 35.6 Å². The lowest BCUT2D eigenvalue weighted by Gasteiger charge is -2.11. The lowest BCUT2D eigenvalue weighted by atomic mass is 9.96. The SMILES string of the molecule is COC(=O)c1ccc(-c2ccccc2)cc1CCc1cc(=O)n(C)c(N)n1. The molecule has 0 atom stereocenters. The standard InChI is InChI=1S/C21H21N3O3/c1-24-19(25)13-17(23-21(24)22)10-8-16-12-15(14-6-4-3-5-7-14)9-11-18(16)20(26)27-2/h3-7,9,11-13H,8,10H2,1-2H3,(H2,22,23). The molecule has 3 aromatic rings. The van der Waals surface area contributed by atoms with E-state index in [9.17, 15) is 9.59 Å². The average Bonchev–Trinajstić information content (AvgIpc) is 2.70. The topological polar surface area (TPSA) is 87.2 Å². The fraction of sp³-hybridized carbons (Fsp3) is 0.190. The van der Waals surface area contributed by atoms with Crippen LogP contribution in [0.25, 0.3) is 11.1 Å². The molecule has 138 valence electrons. The van der Waals surface area contributed by atoms with Crippen molar-refractivity contribution in [3.8, 4) is 11.1 Å². The Morgan fingerprint density at radius 2 is 1.81 bits per heavy atom. The highest BCUT2D eigenvalue weighted by molar-refractivity contribution is 5.92. The van der Waals surface area contributed by atoms with Crippen molar-refractivity contribution in [2.75, 3.05) is 12.8 Å². The summed E-state index contributed by atoms with van der Waals surface area (Å²) in [4.78, 5) is 28.3. The third-order valence-corrected chi connectivity index (χ3v) is 4.49. The molecule has 27 heavy (non-hydrogen) atoms. The van der Waals surface area contributed by atoms with Crippen LogP contribution in [-0.2, 0) is 24.6 Å². The van der Waals surface area contributed by atoms with Crippen LogP contribution in [0.4, 0.5) is 5.95 Å². The molecule has 3 rings (SSSR count). The first kappa shape index (κ1) is 18.4. The lowest BCUT2D eigenvalue weighted by Crippen LogP contribution is -2.22. The van der Waals surface area contributed by atoms with Crippen molar-refractivity contribution in [1.82, 2.24) is 9.55 Å². The summed E-state index contributed by atoms with van der Waals surface area (Å²) in [7, 11) is 2.94. The highest BCUT2D eigenvalue weighted by Gasteiger charge is 2.14. The van der Waals surface area contributed by atoms with Gasteiger partial charge in [-0.1, -0.05) is 42.5 Å². The molecule has 0 spiro atoms. The van der Waals surface area contributed by atoms with Crippen LogP contribution in [0.1, 0.15) is 21.6 Å². The molecular formula is C21H21N3O3. The van der Waals surface area contributed by atoms with E-state index in [0.29, 0.717) is 24.1 Å². The van der Waals surface area contributed by atoms with Crippen LogP contribution in [0, 0.1) is 0 Å². The minimum atomic E-state index is -0.388. The second kappa shape index (κ2) is 7.86. The highest BCUT2D eigenvalue weighted by Crippen LogP contribution is 2.24. The van der Waals surface area contributed by atoms with Gasteiger partial charge in [0.2, 0.25) is 5.95 Å². The van der Waals surface area contributed by atoms with Crippen LogP contribution in [0.5, 0.6) is 0 Å². The summed E-state index contributed by atoms with van der Waals surface area (Å²) in [5.74, 6) is -0.218. The van der Waals surface area contributed by atoms with E-state index in [1.54, 1.807) is 13.1 Å². The van der Waals surface area contributed by atoms with Crippen LogP contribution in [-0.4, -0.2) is 22.6 Å². The normalized spacial score (nSPS) is 10.6. The van der Waals surface area contributed by atoms with E-state index in [4.69, 9.17) is 10.5 Å². The summed E-state index contributed by atoms with van der Waals surface area (Å²) in [5.41, 5.74) is 9.57. The van der Waals surface area contributed by atoms with Crippen molar-refractivity contribution in [3.63, 3.8) is 0 Å². The first-order valence-corrected chi connectivity index (χ1v) is 8.58. The smallest absolute Gasteiger partial charge is 0.338 e. The molecule has 1 aromatic heterocycles. The average molecular weight is 363 g/mol. The van der Waals surface area contributed by atoms with Crippen molar-refractivity contribution in [2.24, 2.45) is 7.05 Å². The predicted molar refractivity (Wildman–Crippen MR) is 105 cm³/mol. The number of hydrogen-bond donors (Lipinski definition) is 1. The summed E-state index contributed by atoms with van der Waals surface area (Å²) in [6.07, 6.45) is 1.02. The molecule has 2 aromatic carbocycles. The third kappa shape index (κ3) is 4.06. The number of nitrogen functional groups attached to an aromatic ring is 1. The number of benzene rings is 2. The van der Waals surface area contributed by atoms with E-state index in [1.165, 1.54) is 17.7 Å². The number of aryl methyl sites for hydroxylation is 2. The molecule has 0 fully saturated rings. The van der Waals surface area contributed by atoms with Crippen LogP contribution in [0.2, 0.25) is 0 Å². The zero-order valence-electron chi connectivity index (χ0n) is 15.3. The Balaban J connectivity index is 1.94. The van der Waals surface area contributed by atoms with Crippen LogP contribution in [0.15, 0.2) is 59.4 Å². The quantitative estimate of drug-likeness (QED) is 0.704. The number of anilines is 1. The third-order valence-electron chi connectivity index (χ3n) is 4.49. The highest BCUT2D eigenvalue weighted by atomic mass is 16.5. The number of ether oxygens (including phenoxy) is 1. The minimum Gasteiger partial charge on any atom is -0.465 e. The number of nitrogens with two attached hydrogens (primary N) is 1. The fourth-order valence-corrected chi connectivity index (χ4v) is 2.92. The molecular weight excluding hydrogens is 342 g/mol. The van der Waals surface area contributed by atoms with Gasteiger partial charge in [-0.3, -0.25) is 9.36 Å². The zero-order chi connectivity index (χ0) is 19.4. The van der Waals surface area contributed by atoms with Gasteiger partial charge < -0.3 is 10.5 Å². The van der Waals surface area contributed by atoms with Gasteiger partial charge in [0.25, 0.3) is 5.56 Å². The molecule has 0 aliphatic carbocycles. The Kier molecular flexibility index (Phi) is 5.35. The molecule has 2 N–H and O–H groups in total. The molecule has 6 heteroatoms. The maximum atomic E-state index is 12.1. The number of carbonyl (C=O) groups excluding carboxylic acids is 1. The Morgan fingerprint density at radius 3 is 2.48 bits per heavy atom. The van der Waals surface area contributed by atoms with Gasteiger partial charge in [-0.2, -0.15) is 0 Å². The predicted octanol–water partition coefficient (Wildman–Crippen LogP) is 2.60. The van der Waals surface area contributed by atoms with Crippen molar-refractivity contribution >= 4 is 11.9 Å². The summed E-state index contributed by atoms with van der Waals surface area (Å²) >= 11 is 0. The second-order valence-electron chi connectivity index (χ2n) is 6.23. The van der Waals surface area contributed by atoms with Gasteiger partial charge >= 0.3 is 5.97 Å². The van der Waals surface area contributed by atoms with Crippen molar-refractivity contribution in [2.45, 2.75) is 12.8 Å². The van der Waals surface area contributed by atoms with Gasteiger partial charge in [0.15, 0.2) is 0 Å². The number of methoxy groups -OCH3 is 1. The first-order chi connectivity index (χ1) is 13.0. The minimum absolute atomic E-state index is 0.170. The van der Waals surface area contributed by atoms with E-state index >= 15 is 0 Å². The number of aromatic nitrogens is 2. The molecule has 0 radical (unpaired) electrons. The van der Waals surface area contributed by atoms with E-state index in [0.717, 1.165) is 16.7 Å². The van der Waals surface area contributed by atoms with Gasteiger partial charge in [0.1, 0.15) is 0 Å². The molecule has 0 amide bonds. The molecule has 1 heterocycles. The Labute approximate surface area is 157 Å². The Hall–Kier alpha value is -3.41. The van der Waals surface area contributed by atoms with E-state index < -0.39 is 0 Å². The van der Waals surface area contributed by atoms with Gasteiger partial charge in [0, 0.05) is 13.1 Å². The Bertz CT molecular complexity index is 1030. The fourth-order valence-electron chi connectivity index (χ4n) is 2.92. The first-order valence-electron chi connectivity index (χ1n) is 8.58. The van der Waals surface area contributed by atoms with Gasteiger partial charge in [0.05, 0.1) is 18.4 Å². The van der Waals surface area contributed by atoms with Crippen molar-refractivity contribution in [1.29, 1.82) is 0 Å². The molecule has 0 saturated carbocycles. The zero-order valence-corrected chi connectivity index (χ0v) is 15.3. The molecule has 6 nitrogen and oxygen atoms in total. The Morgan fingerprint density at radius 1 is 1.07 bits per heavy atom. The molecule has 0 aliphatic heterocycles. The van der Waals surface area contributed by atoms with Crippen LogP contribution >= 0.6 is 0 Å². The summed E-state index contributed by atoms with van der Waals surface area (Å²) < 4.78 is 6.19. The van der Waals surface area contributed by atoms with E-state index in [2.05, 4.69) is 4.98 Å². The van der Waals surface area contributed by atoms with Crippen LogP contribution < -0.4 is 11.3 Å². The molecule has 0 bridgehead atoms. The molecule has 0 aliphatic rings. The van der Waals surface area contributed by atoms with Gasteiger partial charge in [-0.15, -0.1) is 0 Å². The molecule has 0 unspecified atom stereocenters. The number of hydrogen-bond acceptors (Lipinski definition) is 5. The molecule has 0 saturated heterocycles. The lowest BCUT2D eigenvalue weighted by molar-refractivity contribution is 0.0599. The monoisotopic (exact) mass is 363 g/mol. The number of esters is 1.